The van der Waals surface area contributed by atoms with Gasteiger partial charge in [-0.1, -0.05) is 31.5 Å². The first-order chi connectivity index (χ1) is 15.7. The highest BCUT2D eigenvalue weighted by Crippen LogP contribution is 2.30. The Kier molecular flexibility index (Phi) is 7.58. The van der Waals surface area contributed by atoms with Crippen LogP contribution in [-0.2, 0) is 7.05 Å². The number of hydrogen-bond donors (Lipinski definition) is 2. The molecule has 1 aromatic carbocycles. The second kappa shape index (κ2) is 10.2. The van der Waals surface area contributed by atoms with E-state index in [2.05, 4.69) is 10.3 Å². The lowest BCUT2D eigenvalue weighted by Crippen LogP contribution is -2.29. The summed E-state index contributed by atoms with van der Waals surface area (Å²) in [6.07, 6.45) is 3.14. The number of halogens is 1. The van der Waals surface area contributed by atoms with Gasteiger partial charge in [0.25, 0.3) is 17.5 Å². The zero-order chi connectivity index (χ0) is 24.3. The molecule has 1 aliphatic carbocycles. The number of benzene rings is 1. The molecule has 4 rings (SSSR count). The summed E-state index contributed by atoms with van der Waals surface area (Å²) in [6, 6.07) is 7.03. The maximum atomic E-state index is 13.0. The molecule has 1 amide bonds. The van der Waals surface area contributed by atoms with Gasteiger partial charge in [0, 0.05) is 12.6 Å². The maximum Gasteiger partial charge on any atom is 0.299 e. The van der Waals surface area contributed by atoms with E-state index in [1.54, 1.807) is 19.2 Å². The third-order valence-corrected chi connectivity index (χ3v) is 5.78. The average molecular weight is 472 g/mol. The smallest absolute Gasteiger partial charge is 0.299 e. The Balaban J connectivity index is 0.00000149. The third-order valence-electron chi connectivity index (χ3n) is 5.57. The number of fused-ring (bicyclic) bond motifs is 1. The molecule has 2 heterocycles. The number of nitrogens with one attached hydrogen (secondary N) is 1. The van der Waals surface area contributed by atoms with Crippen molar-refractivity contribution >= 4 is 34.1 Å². The van der Waals surface area contributed by atoms with Crippen LogP contribution in [0.15, 0.2) is 29.1 Å². The van der Waals surface area contributed by atoms with Gasteiger partial charge in [0.15, 0.2) is 5.69 Å². The van der Waals surface area contributed by atoms with Gasteiger partial charge in [-0.05, 0) is 56.9 Å². The number of nitrogens with two attached hydrogens (primary N) is 1. The molecule has 1 saturated carbocycles. The van der Waals surface area contributed by atoms with Crippen molar-refractivity contribution in [3.63, 3.8) is 0 Å². The molecule has 1 unspecified atom stereocenters. The SMILES string of the molecule is CC.Cc1cc(C(C)Nc2ccc(Cl)nc2C(N)=O)c2nc(OC3CCC3)n(C)c(=O)c2c1. The monoisotopic (exact) mass is 471 g/mol. The van der Waals surface area contributed by atoms with Gasteiger partial charge < -0.3 is 15.8 Å². The summed E-state index contributed by atoms with van der Waals surface area (Å²) < 4.78 is 7.42. The summed E-state index contributed by atoms with van der Waals surface area (Å²) in [5, 5.41) is 3.95. The lowest BCUT2D eigenvalue weighted by molar-refractivity contribution is 0.0996. The first kappa shape index (κ1) is 24.5. The molecule has 1 fully saturated rings. The molecule has 1 atom stereocenters. The van der Waals surface area contributed by atoms with Crippen molar-refractivity contribution in [1.82, 2.24) is 14.5 Å². The van der Waals surface area contributed by atoms with Crippen molar-refractivity contribution in [2.45, 2.75) is 59.1 Å². The normalized spacial score (nSPS) is 14.1. The quantitative estimate of drug-likeness (QED) is 0.511. The Morgan fingerprint density at radius 3 is 2.58 bits per heavy atom. The number of primary amides is 1. The molecular formula is C24H30ClN5O3. The molecule has 0 saturated heterocycles. The molecule has 0 radical (unpaired) electrons. The first-order valence-corrected chi connectivity index (χ1v) is 11.5. The van der Waals surface area contributed by atoms with Gasteiger partial charge in [-0.25, -0.2) is 4.98 Å². The van der Waals surface area contributed by atoms with E-state index in [1.165, 1.54) is 4.57 Å². The minimum atomic E-state index is -0.686. The minimum Gasteiger partial charge on any atom is -0.461 e. The molecular weight excluding hydrogens is 442 g/mol. The van der Waals surface area contributed by atoms with E-state index in [0.29, 0.717) is 22.6 Å². The second-order valence-corrected chi connectivity index (χ2v) is 8.33. The highest BCUT2D eigenvalue weighted by Gasteiger charge is 2.23. The molecule has 0 spiro atoms. The van der Waals surface area contributed by atoms with Crippen LogP contribution in [0, 0.1) is 6.92 Å². The van der Waals surface area contributed by atoms with E-state index in [0.717, 1.165) is 30.4 Å². The number of carbonyl (C=O) groups is 1. The Bertz CT molecular complexity index is 1240. The van der Waals surface area contributed by atoms with Crippen LogP contribution in [-0.4, -0.2) is 26.5 Å². The van der Waals surface area contributed by atoms with E-state index >= 15 is 0 Å². The predicted molar refractivity (Wildman–Crippen MR) is 131 cm³/mol. The number of anilines is 1. The van der Waals surface area contributed by atoms with E-state index in [4.69, 9.17) is 27.1 Å². The maximum absolute atomic E-state index is 13.0. The van der Waals surface area contributed by atoms with Gasteiger partial charge in [0.05, 0.1) is 22.6 Å². The summed E-state index contributed by atoms with van der Waals surface area (Å²) in [4.78, 5) is 33.6. The van der Waals surface area contributed by atoms with Crippen LogP contribution in [0.25, 0.3) is 10.9 Å². The summed E-state index contributed by atoms with van der Waals surface area (Å²) in [5.74, 6) is -0.686. The summed E-state index contributed by atoms with van der Waals surface area (Å²) in [5.41, 5.74) is 8.09. The summed E-state index contributed by atoms with van der Waals surface area (Å²) in [6.45, 7) is 7.84. The number of carbonyl (C=O) groups excluding carboxylic acids is 1. The van der Waals surface area contributed by atoms with Crippen molar-refractivity contribution < 1.29 is 9.53 Å². The van der Waals surface area contributed by atoms with Gasteiger partial charge in [0.2, 0.25) is 0 Å². The van der Waals surface area contributed by atoms with Crippen molar-refractivity contribution in [3.05, 3.63) is 56.6 Å². The predicted octanol–water partition coefficient (Wildman–Crippen LogP) is 4.52. The number of rotatable bonds is 6. The Labute approximate surface area is 198 Å². The van der Waals surface area contributed by atoms with Gasteiger partial charge in [-0.3, -0.25) is 14.2 Å². The summed E-state index contributed by atoms with van der Waals surface area (Å²) >= 11 is 5.91. The second-order valence-electron chi connectivity index (χ2n) is 7.94. The number of ether oxygens (including phenoxy) is 1. The van der Waals surface area contributed by atoms with Gasteiger partial charge in [-0.2, -0.15) is 4.98 Å². The van der Waals surface area contributed by atoms with Gasteiger partial charge in [-0.15, -0.1) is 0 Å². The topological polar surface area (TPSA) is 112 Å². The van der Waals surface area contributed by atoms with Crippen LogP contribution in [0.4, 0.5) is 5.69 Å². The lowest BCUT2D eigenvalue weighted by atomic mass is 9.96. The number of amides is 1. The lowest BCUT2D eigenvalue weighted by Gasteiger charge is -2.27. The van der Waals surface area contributed by atoms with Gasteiger partial charge >= 0.3 is 0 Å². The van der Waals surface area contributed by atoms with Crippen molar-refractivity contribution in [2.24, 2.45) is 12.8 Å². The molecule has 0 aliphatic heterocycles. The molecule has 2 aromatic heterocycles. The Hall–Kier alpha value is -3.13. The number of nitrogens with zero attached hydrogens (tertiary/aromatic N) is 3. The molecule has 0 bridgehead atoms. The fourth-order valence-electron chi connectivity index (χ4n) is 3.66. The largest absolute Gasteiger partial charge is 0.461 e. The highest BCUT2D eigenvalue weighted by molar-refractivity contribution is 6.29. The zero-order valence-corrected chi connectivity index (χ0v) is 20.4. The number of pyridine rings is 1. The zero-order valence-electron chi connectivity index (χ0n) is 19.6. The molecule has 3 N–H and O–H groups in total. The van der Waals surface area contributed by atoms with E-state index < -0.39 is 5.91 Å². The molecule has 33 heavy (non-hydrogen) atoms. The van der Waals surface area contributed by atoms with E-state index in [1.807, 2.05) is 39.8 Å². The molecule has 9 heteroatoms. The van der Waals surface area contributed by atoms with Crippen molar-refractivity contribution in [2.75, 3.05) is 5.32 Å². The van der Waals surface area contributed by atoms with E-state index in [9.17, 15) is 9.59 Å². The highest BCUT2D eigenvalue weighted by atomic mass is 35.5. The van der Waals surface area contributed by atoms with Crippen LogP contribution in [0.2, 0.25) is 5.15 Å². The van der Waals surface area contributed by atoms with Crippen LogP contribution in [0.3, 0.4) is 0 Å². The number of aryl methyl sites for hydroxylation is 1. The third kappa shape index (κ3) is 5.11. The molecule has 176 valence electrons. The fraction of sp³-hybridized carbons (Fsp3) is 0.417. The minimum absolute atomic E-state index is 0.0502. The standard InChI is InChI=1S/C22H24ClN5O3.C2H6/c1-11-9-14(12(2)25-16-7-8-17(23)26-19(16)20(24)29)18-15(10-11)21(30)28(3)22(27-18)31-13-5-4-6-13;1-2/h7-10,12-13,25H,4-6H2,1-3H3,(H2,24,29);1-2H3. The Morgan fingerprint density at radius 1 is 1.27 bits per heavy atom. The number of hydrogen-bond acceptors (Lipinski definition) is 6. The number of aromatic nitrogens is 3. The van der Waals surface area contributed by atoms with E-state index in [-0.39, 0.29) is 28.6 Å². The van der Waals surface area contributed by atoms with Crippen LogP contribution >= 0.6 is 11.6 Å². The van der Waals surface area contributed by atoms with Crippen LogP contribution in [0.1, 0.15) is 67.7 Å². The summed E-state index contributed by atoms with van der Waals surface area (Å²) in [7, 11) is 1.67. The Morgan fingerprint density at radius 2 is 1.97 bits per heavy atom. The van der Waals surface area contributed by atoms with Crippen LogP contribution in [0.5, 0.6) is 6.01 Å². The van der Waals surface area contributed by atoms with Gasteiger partial charge in [0.1, 0.15) is 11.3 Å². The first-order valence-electron chi connectivity index (χ1n) is 11.2. The molecule has 3 aromatic rings. The fourth-order valence-corrected chi connectivity index (χ4v) is 3.80. The van der Waals surface area contributed by atoms with Crippen molar-refractivity contribution in [1.29, 1.82) is 0 Å². The molecule has 8 nitrogen and oxygen atoms in total. The van der Waals surface area contributed by atoms with Crippen LogP contribution < -0.4 is 21.3 Å². The average Bonchev–Trinajstić information content (AvgIpc) is 2.76. The molecule has 1 aliphatic rings. The van der Waals surface area contributed by atoms with Crippen molar-refractivity contribution in [3.8, 4) is 6.01 Å².